The second-order valence-electron chi connectivity index (χ2n) is 4.05. The summed E-state index contributed by atoms with van der Waals surface area (Å²) in [6.45, 7) is 0. The largest absolute Gasteiger partial charge is 0.478 e. The molecule has 0 atom stereocenters. The van der Waals surface area contributed by atoms with Crippen LogP contribution in [-0.2, 0) is 17.1 Å². The van der Waals surface area contributed by atoms with Crippen molar-refractivity contribution in [3.8, 4) is 0 Å². The van der Waals surface area contributed by atoms with Gasteiger partial charge in [0, 0.05) is 13.2 Å². The van der Waals surface area contributed by atoms with Gasteiger partial charge in [-0.2, -0.15) is 5.10 Å². The Morgan fingerprint density at radius 3 is 2.57 bits per heavy atom. The minimum Gasteiger partial charge on any atom is -0.478 e. The molecule has 7 nitrogen and oxygen atoms in total. The SMILES string of the molecule is Cn1cc(NS(=O)(=O)c2ccc(Cl)c(C(=O)O)c2Cl)cn1. The van der Waals surface area contributed by atoms with E-state index in [1.807, 2.05) is 0 Å². The number of halogens is 2. The summed E-state index contributed by atoms with van der Waals surface area (Å²) in [6.07, 6.45) is 2.75. The Hall–Kier alpha value is -1.77. The van der Waals surface area contributed by atoms with Gasteiger partial charge in [0.25, 0.3) is 10.0 Å². The predicted molar refractivity (Wildman–Crippen MR) is 77.4 cm³/mol. The van der Waals surface area contributed by atoms with Crippen molar-refractivity contribution in [3.63, 3.8) is 0 Å². The van der Waals surface area contributed by atoms with E-state index in [0.717, 1.165) is 12.1 Å². The van der Waals surface area contributed by atoms with Crippen molar-refractivity contribution in [2.24, 2.45) is 7.05 Å². The molecule has 0 radical (unpaired) electrons. The third kappa shape index (κ3) is 3.12. The first kappa shape index (κ1) is 15.6. The average Bonchev–Trinajstić information content (AvgIpc) is 2.72. The van der Waals surface area contributed by atoms with Crippen LogP contribution in [0, 0.1) is 0 Å². The maximum Gasteiger partial charge on any atom is 0.338 e. The summed E-state index contributed by atoms with van der Waals surface area (Å²) in [7, 11) is -2.44. The second-order valence-corrected chi connectivity index (χ2v) is 6.48. The predicted octanol–water partition coefficient (Wildman–Crippen LogP) is 2.23. The number of nitrogens with zero attached hydrogens (tertiary/aromatic N) is 2. The summed E-state index contributed by atoms with van der Waals surface area (Å²) in [6, 6.07) is 2.30. The van der Waals surface area contributed by atoms with Gasteiger partial charge >= 0.3 is 5.97 Å². The molecule has 2 rings (SSSR count). The van der Waals surface area contributed by atoms with Gasteiger partial charge in [0.15, 0.2) is 0 Å². The number of hydrogen-bond acceptors (Lipinski definition) is 4. The molecule has 0 unspecified atom stereocenters. The number of carbonyl (C=O) groups is 1. The van der Waals surface area contributed by atoms with Gasteiger partial charge in [0.2, 0.25) is 0 Å². The molecular weight excluding hydrogens is 341 g/mol. The zero-order chi connectivity index (χ0) is 15.8. The fourth-order valence-corrected chi connectivity index (χ4v) is 3.57. The molecule has 0 saturated carbocycles. The van der Waals surface area contributed by atoms with E-state index in [1.54, 1.807) is 7.05 Å². The lowest BCUT2D eigenvalue weighted by atomic mass is 10.2. The quantitative estimate of drug-likeness (QED) is 0.881. The summed E-state index contributed by atoms with van der Waals surface area (Å²) in [5.41, 5.74) is -0.243. The third-order valence-corrected chi connectivity index (χ3v) is 4.76. The molecule has 0 aliphatic rings. The van der Waals surface area contributed by atoms with Crippen molar-refractivity contribution in [1.29, 1.82) is 0 Å². The normalized spacial score (nSPS) is 11.4. The van der Waals surface area contributed by atoms with Crippen molar-refractivity contribution < 1.29 is 18.3 Å². The molecule has 0 aliphatic carbocycles. The van der Waals surface area contributed by atoms with E-state index >= 15 is 0 Å². The Morgan fingerprint density at radius 1 is 1.38 bits per heavy atom. The summed E-state index contributed by atoms with van der Waals surface area (Å²) in [4.78, 5) is 10.7. The number of nitrogens with one attached hydrogen (secondary N) is 1. The van der Waals surface area contributed by atoms with E-state index in [9.17, 15) is 13.2 Å². The smallest absolute Gasteiger partial charge is 0.338 e. The first-order chi connectivity index (χ1) is 9.72. The van der Waals surface area contributed by atoms with Crippen molar-refractivity contribution >= 4 is 44.9 Å². The third-order valence-electron chi connectivity index (χ3n) is 2.52. The van der Waals surface area contributed by atoms with Gasteiger partial charge in [0.05, 0.1) is 27.5 Å². The number of sulfonamides is 1. The number of aromatic nitrogens is 2. The monoisotopic (exact) mass is 349 g/mol. The van der Waals surface area contributed by atoms with Gasteiger partial charge in [-0.25, -0.2) is 13.2 Å². The number of rotatable bonds is 4. The molecule has 0 bridgehead atoms. The lowest BCUT2D eigenvalue weighted by molar-refractivity contribution is 0.0697. The summed E-state index contributed by atoms with van der Waals surface area (Å²) in [5.74, 6) is -1.41. The number of anilines is 1. The Morgan fingerprint density at radius 2 is 2.05 bits per heavy atom. The first-order valence-corrected chi connectivity index (χ1v) is 7.69. The zero-order valence-electron chi connectivity index (χ0n) is 10.5. The highest BCUT2D eigenvalue weighted by molar-refractivity contribution is 7.92. The van der Waals surface area contributed by atoms with Crippen LogP contribution in [0.4, 0.5) is 5.69 Å². The number of hydrogen-bond donors (Lipinski definition) is 2. The van der Waals surface area contributed by atoms with Crippen LogP contribution in [0.25, 0.3) is 0 Å². The van der Waals surface area contributed by atoms with E-state index in [4.69, 9.17) is 28.3 Å². The lowest BCUT2D eigenvalue weighted by Crippen LogP contribution is -2.14. The number of carboxylic acid groups (broad SMARTS) is 1. The van der Waals surface area contributed by atoms with E-state index in [-0.39, 0.29) is 15.6 Å². The van der Waals surface area contributed by atoms with Crippen molar-refractivity contribution in [3.05, 3.63) is 40.1 Å². The molecule has 112 valence electrons. The Bertz CT molecular complexity index is 817. The Labute approximate surface area is 130 Å². The average molecular weight is 350 g/mol. The van der Waals surface area contributed by atoms with Gasteiger partial charge in [-0.05, 0) is 12.1 Å². The van der Waals surface area contributed by atoms with Gasteiger partial charge in [0.1, 0.15) is 4.90 Å². The molecule has 0 aliphatic heterocycles. The van der Waals surface area contributed by atoms with Gasteiger partial charge < -0.3 is 5.11 Å². The van der Waals surface area contributed by atoms with Crippen LogP contribution < -0.4 is 4.72 Å². The lowest BCUT2D eigenvalue weighted by Gasteiger charge is -2.10. The van der Waals surface area contributed by atoms with Crippen LogP contribution in [0.2, 0.25) is 10.0 Å². The fraction of sp³-hybridized carbons (Fsp3) is 0.0909. The topological polar surface area (TPSA) is 101 Å². The maximum absolute atomic E-state index is 12.2. The Kier molecular flexibility index (Phi) is 4.13. The molecule has 2 N–H and O–H groups in total. The van der Waals surface area contributed by atoms with Crippen LogP contribution >= 0.6 is 23.2 Å². The molecule has 0 saturated heterocycles. The molecule has 0 fully saturated rings. The number of aryl methyl sites for hydroxylation is 1. The van der Waals surface area contributed by atoms with Crippen molar-refractivity contribution in [2.75, 3.05) is 4.72 Å². The highest BCUT2D eigenvalue weighted by atomic mass is 35.5. The van der Waals surface area contributed by atoms with Gasteiger partial charge in [-0.15, -0.1) is 0 Å². The molecule has 0 amide bonds. The van der Waals surface area contributed by atoms with E-state index < -0.39 is 26.6 Å². The first-order valence-electron chi connectivity index (χ1n) is 5.45. The number of carboxylic acids is 1. The highest BCUT2D eigenvalue weighted by Crippen LogP contribution is 2.32. The molecule has 0 spiro atoms. The second kappa shape index (κ2) is 5.55. The van der Waals surface area contributed by atoms with Crippen LogP contribution in [0.3, 0.4) is 0 Å². The summed E-state index contributed by atoms with van der Waals surface area (Å²) in [5, 5.41) is 12.3. The molecule has 1 aromatic heterocycles. The molecule has 10 heteroatoms. The fourth-order valence-electron chi connectivity index (χ4n) is 1.62. The number of aromatic carboxylic acids is 1. The van der Waals surface area contributed by atoms with Crippen LogP contribution in [0.15, 0.2) is 29.4 Å². The Balaban J connectivity index is 2.50. The van der Waals surface area contributed by atoms with Crippen LogP contribution in [0.1, 0.15) is 10.4 Å². The molecule has 21 heavy (non-hydrogen) atoms. The molecule has 1 aromatic carbocycles. The highest BCUT2D eigenvalue weighted by Gasteiger charge is 2.25. The minimum absolute atomic E-state index is 0.146. The van der Waals surface area contributed by atoms with Gasteiger partial charge in [-0.1, -0.05) is 23.2 Å². The van der Waals surface area contributed by atoms with Crippen LogP contribution in [0.5, 0.6) is 0 Å². The van der Waals surface area contributed by atoms with Gasteiger partial charge in [-0.3, -0.25) is 9.40 Å². The van der Waals surface area contributed by atoms with Crippen molar-refractivity contribution in [1.82, 2.24) is 9.78 Å². The molecule has 2 aromatic rings. The standard InChI is InChI=1S/C11H9Cl2N3O4S/c1-16-5-6(4-14-16)15-21(19,20)8-3-2-7(12)9(10(8)13)11(17)18/h2-5,15H,1H3,(H,17,18). The van der Waals surface area contributed by atoms with Crippen molar-refractivity contribution in [2.45, 2.75) is 4.90 Å². The molecule has 1 heterocycles. The zero-order valence-corrected chi connectivity index (χ0v) is 12.9. The van der Waals surface area contributed by atoms with E-state index in [0.29, 0.717) is 0 Å². The van der Waals surface area contributed by atoms with E-state index in [1.165, 1.54) is 17.1 Å². The minimum atomic E-state index is -4.06. The molecular formula is C11H9Cl2N3O4S. The maximum atomic E-state index is 12.2. The van der Waals surface area contributed by atoms with E-state index in [2.05, 4.69) is 9.82 Å². The number of benzene rings is 1. The summed E-state index contributed by atoms with van der Waals surface area (Å²) >= 11 is 11.6. The van der Waals surface area contributed by atoms with Crippen LogP contribution in [-0.4, -0.2) is 29.3 Å². The summed E-state index contributed by atoms with van der Waals surface area (Å²) < 4.78 is 28.2.